The second-order valence-corrected chi connectivity index (χ2v) is 16.5. The molecule has 178 valence electrons. The van der Waals surface area contributed by atoms with Crippen LogP contribution in [-0.4, -0.2) is 35.1 Å². The molecular formula is C23H31ClFN5O2Si. The van der Waals surface area contributed by atoms with E-state index in [0.29, 0.717) is 11.4 Å². The van der Waals surface area contributed by atoms with Gasteiger partial charge in [-0.2, -0.15) is 5.10 Å². The number of carbonyl (C=O) groups excluding carboxylic acids is 2. The quantitative estimate of drug-likeness (QED) is 0.458. The van der Waals surface area contributed by atoms with E-state index in [9.17, 15) is 14.0 Å². The Kier molecular flexibility index (Phi) is 5.64. The Morgan fingerprint density at radius 1 is 1.21 bits per heavy atom. The largest absolute Gasteiger partial charge is 0.323 e. The fourth-order valence-electron chi connectivity index (χ4n) is 4.97. The molecule has 10 heteroatoms. The third-order valence-corrected chi connectivity index (χ3v) is 11.6. The standard InChI is InChI=1S/C23H31ClFN5O2Si/c1-13-8-9-15(25)17(16(13)24)26-21(32)30-12-14-18(22(30,2)3)28-29-19(14)27-20(31)23(10-7-11-23)33(4,5)6/h8-9H,7,10-12H2,1-6H3,(H,26,32)(H2,27,28,29,31). The van der Waals surface area contributed by atoms with Crippen LogP contribution >= 0.6 is 11.6 Å². The third kappa shape index (κ3) is 3.65. The van der Waals surface area contributed by atoms with Crippen molar-refractivity contribution in [3.63, 3.8) is 0 Å². The van der Waals surface area contributed by atoms with Gasteiger partial charge < -0.3 is 15.5 Å². The molecular weight excluding hydrogens is 461 g/mol. The molecule has 4 rings (SSSR count). The number of rotatable bonds is 4. The van der Waals surface area contributed by atoms with Gasteiger partial charge >= 0.3 is 6.03 Å². The van der Waals surface area contributed by atoms with Gasteiger partial charge in [0.15, 0.2) is 5.82 Å². The number of nitrogens with one attached hydrogen (secondary N) is 3. The van der Waals surface area contributed by atoms with Gasteiger partial charge in [-0.15, -0.1) is 0 Å². The van der Waals surface area contributed by atoms with E-state index in [1.54, 1.807) is 17.9 Å². The molecule has 3 N–H and O–H groups in total. The number of hydrogen-bond acceptors (Lipinski definition) is 3. The van der Waals surface area contributed by atoms with Crippen molar-refractivity contribution in [3.8, 4) is 0 Å². The van der Waals surface area contributed by atoms with E-state index < -0.39 is 25.5 Å². The van der Waals surface area contributed by atoms with Gasteiger partial charge in [0.2, 0.25) is 5.91 Å². The van der Waals surface area contributed by atoms with Gasteiger partial charge in [-0.05, 0) is 45.2 Å². The minimum atomic E-state index is -1.74. The van der Waals surface area contributed by atoms with Gasteiger partial charge in [-0.3, -0.25) is 9.89 Å². The lowest BCUT2D eigenvalue weighted by molar-refractivity contribution is -0.121. The van der Waals surface area contributed by atoms with E-state index in [2.05, 4.69) is 40.5 Å². The van der Waals surface area contributed by atoms with Crippen molar-refractivity contribution in [1.29, 1.82) is 0 Å². The first-order chi connectivity index (χ1) is 15.3. The molecule has 0 radical (unpaired) electrons. The Balaban J connectivity index is 1.57. The van der Waals surface area contributed by atoms with Gasteiger partial charge in [0.25, 0.3) is 0 Å². The monoisotopic (exact) mass is 491 g/mol. The topological polar surface area (TPSA) is 90.1 Å². The molecule has 2 aliphatic rings. The number of amides is 3. The number of H-pyrrole nitrogens is 1. The van der Waals surface area contributed by atoms with E-state index in [-0.39, 0.29) is 28.2 Å². The van der Waals surface area contributed by atoms with Crippen molar-refractivity contribution < 1.29 is 14.0 Å². The molecule has 1 fully saturated rings. The van der Waals surface area contributed by atoms with Gasteiger partial charge in [-0.25, -0.2) is 9.18 Å². The molecule has 1 saturated carbocycles. The number of fused-ring (bicyclic) bond motifs is 1. The molecule has 33 heavy (non-hydrogen) atoms. The summed E-state index contributed by atoms with van der Waals surface area (Å²) in [5.74, 6) is -0.111. The summed E-state index contributed by atoms with van der Waals surface area (Å²) in [4.78, 5) is 28.1. The number of nitrogens with zero attached hydrogens (tertiary/aromatic N) is 2. The van der Waals surface area contributed by atoms with Crippen LogP contribution in [0.25, 0.3) is 0 Å². The van der Waals surface area contributed by atoms with Crippen LogP contribution in [0.3, 0.4) is 0 Å². The summed E-state index contributed by atoms with van der Waals surface area (Å²) in [5.41, 5.74) is 1.40. The maximum atomic E-state index is 14.3. The van der Waals surface area contributed by atoms with Crippen LogP contribution in [-0.2, 0) is 16.9 Å². The van der Waals surface area contributed by atoms with E-state index in [1.165, 1.54) is 6.07 Å². The molecule has 1 aromatic heterocycles. The van der Waals surface area contributed by atoms with Crippen LogP contribution in [0.1, 0.15) is 49.9 Å². The Morgan fingerprint density at radius 3 is 2.45 bits per heavy atom. The highest BCUT2D eigenvalue weighted by atomic mass is 35.5. The first-order valence-electron chi connectivity index (χ1n) is 11.2. The molecule has 2 heterocycles. The summed E-state index contributed by atoms with van der Waals surface area (Å²) in [6.07, 6.45) is 2.88. The highest BCUT2D eigenvalue weighted by molar-refractivity contribution is 6.83. The smallest absolute Gasteiger partial charge is 0.309 e. The maximum absolute atomic E-state index is 14.3. The molecule has 0 bridgehead atoms. The number of carbonyl (C=O) groups is 2. The average molecular weight is 492 g/mol. The molecule has 1 aliphatic carbocycles. The molecule has 3 amide bonds. The third-order valence-electron chi connectivity index (χ3n) is 7.54. The number of benzene rings is 1. The fourth-order valence-corrected chi connectivity index (χ4v) is 7.76. The number of hydrogen-bond donors (Lipinski definition) is 3. The van der Waals surface area contributed by atoms with Gasteiger partial charge in [0.05, 0.1) is 36.6 Å². The predicted octanol–water partition coefficient (Wildman–Crippen LogP) is 5.99. The second kappa shape index (κ2) is 7.84. The molecule has 1 aromatic carbocycles. The van der Waals surface area contributed by atoms with E-state index >= 15 is 0 Å². The lowest BCUT2D eigenvalue weighted by atomic mass is 9.83. The molecule has 0 saturated heterocycles. The molecule has 0 unspecified atom stereocenters. The Morgan fingerprint density at radius 2 is 1.88 bits per heavy atom. The normalized spacial score (nSPS) is 18.5. The summed E-state index contributed by atoms with van der Waals surface area (Å²) in [5, 5.41) is 12.9. The van der Waals surface area contributed by atoms with Gasteiger partial charge in [0, 0.05) is 10.6 Å². The van der Waals surface area contributed by atoms with Crippen LogP contribution < -0.4 is 10.6 Å². The minimum Gasteiger partial charge on any atom is -0.309 e. The number of anilines is 2. The Labute approximate surface area is 199 Å². The first kappa shape index (κ1) is 23.8. The Hall–Kier alpha value is -2.39. The maximum Gasteiger partial charge on any atom is 0.323 e. The first-order valence-corrected chi connectivity index (χ1v) is 15.1. The predicted molar refractivity (Wildman–Crippen MR) is 131 cm³/mol. The minimum absolute atomic E-state index is 0.0246. The molecule has 1 aliphatic heterocycles. The highest BCUT2D eigenvalue weighted by Gasteiger charge is 2.54. The van der Waals surface area contributed by atoms with E-state index in [0.717, 1.165) is 30.5 Å². The van der Waals surface area contributed by atoms with Crippen molar-refractivity contribution in [2.75, 3.05) is 10.6 Å². The fraction of sp³-hybridized carbons (Fsp3) is 0.522. The van der Waals surface area contributed by atoms with Crippen LogP contribution in [0.2, 0.25) is 29.7 Å². The van der Waals surface area contributed by atoms with Crippen LogP contribution in [0.5, 0.6) is 0 Å². The average Bonchev–Trinajstić information content (AvgIpc) is 3.18. The summed E-state index contributed by atoms with van der Waals surface area (Å²) >= 11 is 6.24. The summed E-state index contributed by atoms with van der Waals surface area (Å²) in [6.45, 7) is 12.4. The molecule has 0 spiro atoms. The van der Waals surface area contributed by atoms with E-state index in [4.69, 9.17) is 11.6 Å². The molecule has 7 nitrogen and oxygen atoms in total. The highest BCUT2D eigenvalue weighted by Crippen LogP contribution is 2.56. The summed E-state index contributed by atoms with van der Waals surface area (Å²) in [6, 6.07) is 2.36. The SMILES string of the molecule is Cc1ccc(F)c(NC(=O)N2Cc3c(NC(=O)C4([Si](C)(C)C)CCC4)n[nH]c3C2(C)C)c1Cl. The van der Waals surface area contributed by atoms with Crippen LogP contribution in [0, 0.1) is 12.7 Å². The number of urea groups is 1. The lowest BCUT2D eigenvalue weighted by Crippen LogP contribution is -2.52. The van der Waals surface area contributed by atoms with Crippen LogP contribution in [0.4, 0.5) is 20.7 Å². The zero-order chi connectivity index (χ0) is 24.3. The van der Waals surface area contributed by atoms with Crippen LogP contribution in [0.15, 0.2) is 12.1 Å². The van der Waals surface area contributed by atoms with Crippen molar-refractivity contribution in [3.05, 3.63) is 39.8 Å². The molecule has 0 atom stereocenters. The molecule has 2 aromatic rings. The van der Waals surface area contributed by atoms with Crippen molar-refractivity contribution in [2.24, 2.45) is 0 Å². The second-order valence-electron chi connectivity index (χ2n) is 10.7. The lowest BCUT2D eigenvalue weighted by Gasteiger charge is -2.48. The number of halogens is 2. The van der Waals surface area contributed by atoms with E-state index in [1.807, 2.05) is 13.8 Å². The summed E-state index contributed by atoms with van der Waals surface area (Å²) < 4.78 is 14.3. The zero-order valence-corrected chi connectivity index (χ0v) is 21.7. The number of aryl methyl sites for hydroxylation is 1. The van der Waals surface area contributed by atoms with Gasteiger partial charge in [-0.1, -0.05) is 43.7 Å². The van der Waals surface area contributed by atoms with Crippen molar-refractivity contribution >= 4 is 43.1 Å². The number of aromatic nitrogens is 2. The van der Waals surface area contributed by atoms with Crippen molar-refractivity contribution in [2.45, 2.75) is 76.8 Å². The summed E-state index contributed by atoms with van der Waals surface area (Å²) in [7, 11) is -1.74. The van der Waals surface area contributed by atoms with Gasteiger partial charge in [0.1, 0.15) is 5.82 Å². The number of aromatic amines is 1. The Bertz CT molecular complexity index is 1140. The van der Waals surface area contributed by atoms with Crippen molar-refractivity contribution in [1.82, 2.24) is 15.1 Å². The zero-order valence-electron chi connectivity index (χ0n) is 19.9.